The summed E-state index contributed by atoms with van der Waals surface area (Å²) in [6.45, 7) is 3.20. The van der Waals surface area contributed by atoms with Crippen LogP contribution in [0.4, 0.5) is 10.2 Å². The van der Waals surface area contributed by atoms with E-state index in [4.69, 9.17) is 10.3 Å². The van der Waals surface area contributed by atoms with Crippen molar-refractivity contribution >= 4 is 22.8 Å². The Balaban J connectivity index is 1.90. The molecule has 0 radical (unpaired) electrons. The summed E-state index contributed by atoms with van der Waals surface area (Å²) < 4.78 is 21.0. The molecule has 0 atom stereocenters. The van der Waals surface area contributed by atoms with E-state index in [2.05, 4.69) is 30.1 Å². The highest BCUT2D eigenvalue weighted by atomic mass is 19.1. The predicted octanol–water partition coefficient (Wildman–Crippen LogP) is 4.51. The number of benzene rings is 1. The van der Waals surface area contributed by atoms with Crippen LogP contribution in [-0.4, -0.2) is 30.7 Å². The van der Waals surface area contributed by atoms with Crippen molar-refractivity contribution in [3.8, 4) is 17.3 Å². The molecule has 0 fully saturated rings. The number of fused-ring (bicyclic) bond motifs is 1. The first kappa shape index (κ1) is 20.9. The number of pyridine rings is 1. The third kappa shape index (κ3) is 3.96. The highest BCUT2D eigenvalue weighted by Crippen LogP contribution is 2.34. The summed E-state index contributed by atoms with van der Waals surface area (Å²) in [4.78, 5) is 27.5. The van der Waals surface area contributed by atoms with Crippen LogP contribution in [0.5, 0.6) is 5.75 Å². The van der Waals surface area contributed by atoms with Gasteiger partial charge in [-0.1, -0.05) is 25.1 Å². The van der Waals surface area contributed by atoms with Gasteiger partial charge in [0.2, 0.25) is 0 Å². The molecular formula is C21H17FN8O2. The molecule has 11 heteroatoms. The van der Waals surface area contributed by atoms with Crippen LogP contribution in [0.25, 0.3) is 33.0 Å². The van der Waals surface area contributed by atoms with Crippen LogP contribution in [-0.2, 0) is 17.8 Å². The lowest BCUT2D eigenvalue weighted by Gasteiger charge is -2.10. The van der Waals surface area contributed by atoms with Crippen LogP contribution in [0.2, 0.25) is 0 Å². The minimum absolute atomic E-state index is 0.00905. The van der Waals surface area contributed by atoms with Crippen LogP contribution in [0, 0.1) is 5.82 Å². The summed E-state index contributed by atoms with van der Waals surface area (Å²) in [7, 11) is 0. The maximum Gasteiger partial charge on any atom is 0.308 e. The summed E-state index contributed by atoms with van der Waals surface area (Å²) in [5, 5.41) is 8.79. The van der Waals surface area contributed by atoms with Gasteiger partial charge in [-0.3, -0.25) is 4.79 Å². The van der Waals surface area contributed by atoms with E-state index in [0.717, 1.165) is 0 Å². The number of rotatable bonds is 6. The lowest BCUT2D eigenvalue weighted by molar-refractivity contribution is -0.131. The molecule has 10 nitrogen and oxygen atoms in total. The molecule has 0 amide bonds. The minimum atomic E-state index is -0.589. The molecule has 0 N–H and O–H groups in total. The van der Waals surface area contributed by atoms with Gasteiger partial charge in [-0.25, -0.2) is 24.0 Å². The second kappa shape index (κ2) is 8.78. The Morgan fingerprint density at radius 3 is 2.78 bits per heavy atom. The predicted molar refractivity (Wildman–Crippen MR) is 114 cm³/mol. The Morgan fingerprint density at radius 1 is 1.25 bits per heavy atom. The molecule has 0 bridgehead atoms. The first-order chi connectivity index (χ1) is 15.5. The number of halogens is 1. The van der Waals surface area contributed by atoms with Gasteiger partial charge in [0.25, 0.3) is 0 Å². The fourth-order valence-corrected chi connectivity index (χ4v) is 3.26. The summed E-state index contributed by atoms with van der Waals surface area (Å²) in [6.07, 6.45) is 2.00. The second-order valence-corrected chi connectivity index (χ2v) is 6.76. The number of ether oxygens (including phenoxy) is 1. The molecule has 0 saturated heterocycles. The van der Waals surface area contributed by atoms with Gasteiger partial charge in [0.15, 0.2) is 23.0 Å². The molecule has 0 saturated carbocycles. The van der Waals surface area contributed by atoms with E-state index in [1.807, 2.05) is 6.92 Å². The first-order valence-corrected chi connectivity index (χ1v) is 9.71. The first-order valence-electron chi connectivity index (χ1n) is 9.71. The number of carbonyl (C=O) groups is 1. The molecule has 0 aliphatic heterocycles. The van der Waals surface area contributed by atoms with Gasteiger partial charge in [-0.2, -0.15) is 5.10 Å². The number of carbonyl (C=O) groups excluding carboxylic acids is 1. The van der Waals surface area contributed by atoms with Crippen molar-refractivity contribution in [1.29, 1.82) is 0 Å². The number of aryl methyl sites for hydroxylation is 1. The molecule has 0 spiro atoms. The minimum Gasteiger partial charge on any atom is -0.423 e. The number of hydrogen-bond donors (Lipinski definition) is 0. The largest absolute Gasteiger partial charge is 0.423 e. The van der Waals surface area contributed by atoms with E-state index in [0.29, 0.717) is 34.4 Å². The zero-order valence-electron chi connectivity index (χ0n) is 17.2. The molecule has 1 aromatic carbocycles. The van der Waals surface area contributed by atoms with Gasteiger partial charge in [-0.05, 0) is 35.3 Å². The van der Waals surface area contributed by atoms with Crippen molar-refractivity contribution in [3.05, 3.63) is 70.1 Å². The summed E-state index contributed by atoms with van der Waals surface area (Å²) in [5.41, 5.74) is 10.7. The highest BCUT2D eigenvalue weighted by Gasteiger charge is 2.21. The lowest BCUT2D eigenvalue weighted by Crippen LogP contribution is -2.08. The van der Waals surface area contributed by atoms with Gasteiger partial charge in [0, 0.05) is 23.6 Å². The van der Waals surface area contributed by atoms with Gasteiger partial charge >= 0.3 is 5.97 Å². The molecular weight excluding hydrogens is 415 g/mol. The summed E-state index contributed by atoms with van der Waals surface area (Å²) in [5.74, 6) is -0.880. The molecule has 4 rings (SSSR count). The average molecular weight is 432 g/mol. The molecule has 32 heavy (non-hydrogen) atoms. The Kier molecular flexibility index (Phi) is 5.73. The van der Waals surface area contributed by atoms with Gasteiger partial charge in [0.05, 0.1) is 17.6 Å². The maximum atomic E-state index is 14.2. The SMILES string of the molecule is CCc1nc(-c2nn(Cc3ccccc3F)c3ncccc23)nc(N=[N+]=[N-])c1OC(C)=O. The van der Waals surface area contributed by atoms with Crippen molar-refractivity contribution < 1.29 is 13.9 Å². The smallest absolute Gasteiger partial charge is 0.308 e. The second-order valence-electron chi connectivity index (χ2n) is 6.76. The van der Waals surface area contributed by atoms with E-state index in [-0.39, 0.29) is 29.8 Å². The number of nitrogens with zero attached hydrogens (tertiary/aromatic N) is 8. The quantitative estimate of drug-likeness (QED) is 0.191. The summed E-state index contributed by atoms with van der Waals surface area (Å²) in [6, 6.07) is 9.95. The van der Waals surface area contributed by atoms with Crippen LogP contribution >= 0.6 is 0 Å². The monoisotopic (exact) mass is 432 g/mol. The normalized spacial score (nSPS) is 10.7. The van der Waals surface area contributed by atoms with Crippen molar-refractivity contribution in [2.75, 3.05) is 0 Å². The molecule has 3 aromatic heterocycles. The third-order valence-electron chi connectivity index (χ3n) is 4.63. The van der Waals surface area contributed by atoms with E-state index in [1.54, 1.807) is 41.2 Å². The van der Waals surface area contributed by atoms with E-state index in [1.165, 1.54) is 13.0 Å². The standard InChI is InChI=1S/C21H17FN8O2/c1-3-16-18(32-12(2)31)20(27-29-23)26-19(25-16)17-14-8-6-10-24-21(14)30(28-17)11-13-7-4-5-9-15(13)22/h4-10H,3,11H2,1-2H3. The molecule has 0 aliphatic rings. The Bertz CT molecular complexity index is 1380. The fraction of sp³-hybridized carbons (Fsp3) is 0.190. The average Bonchev–Trinajstić information content (AvgIpc) is 3.15. The number of aromatic nitrogens is 5. The number of azide groups is 1. The van der Waals surface area contributed by atoms with Crippen molar-refractivity contribution in [2.24, 2.45) is 5.11 Å². The Labute approximate surface area is 181 Å². The number of hydrogen-bond acceptors (Lipinski definition) is 7. The Morgan fingerprint density at radius 2 is 2.06 bits per heavy atom. The summed E-state index contributed by atoms with van der Waals surface area (Å²) >= 11 is 0. The lowest BCUT2D eigenvalue weighted by atomic mass is 10.2. The zero-order chi connectivity index (χ0) is 22.7. The zero-order valence-corrected chi connectivity index (χ0v) is 17.2. The van der Waals surface area contributed by atoms with Gasteiger partial charge in [-0.15, -0.1) is 0 Å². The number of esters is 1. The van der Waals surface area contributed by atoms with Crippen molar-refractivity contribution in [2.45, 2.75) is 26.8 Å². The fourth-order valence-electron chi connectivity index (χ4n) is 3.26. The van der Waals surface area contributed by atoms with E-state index < -0.39 is 5.97 Å². The van der Waals surface area contributed by atoms with Crippen molar-refractivity contribution in [3.63, 3.8) is 0 Å². The van der Waals surface area contributed by atoms with Gasteiger partial charge < -0.3 is 4.74 Å². The molecule has 0 aliphatic carbocycles. The van der Waals surface area contributed by atoms with Crippen molar-refractivity contribution in [1.82, 2.24) is 24.7 Å². The molecule has 0 unspecified atom stereocenters. The Hall–Kier alpha value is -4.37. The maximum absolute atomic E-state index is 14.2. The highest BCUT2D eigenvalue weighted by molar-refractivity contribution is 5.89. The van der Waals surface area contributed by atoms with Crippen LogP contribution in [0.1, 0.15) is 25.1 Å². The molecule has 160 valence electrons. The van der Waals surface area contributed by atoms with Crippen LogP contribution < -0.4 is 4.74 Å². The molecule has 4 aromatic rings. The van der Waals surface area contributed by atoms with Crippen LogP contribution in [0.3, 0.4) is 0 Å². The molecule has 3 heterocycles. The topological polar surface area (TPSA) is 132 Å². The van der Waals surface area contributed by atoms with E-state index >= 15 is 0 Å². The third-order valence-corrected chi connectivity index (χ3v) is 4.63. The van der Waals surface area contributed by atoms with E-state index in [9.17, 15) is 9.18 Å². The van der Waals surface area contributed by atoms with Crippen LogP contribution in [0.15, 0.2) is 47.7 Å². The van der Waals surface area contributed by atoms with Gasteiger partial charge in [0.1, 0.15) is 11.5 Å².